The summed E-state index contributed by atoms with van der Waals surface area (Å²) in [6.45, 7) is 4.24. The standard InChI is InChI=1S/C14H17N7O/c1-8-3-4-11-17-9(2)12(21(11)7-8)13(22)16-6-5-10-18-14(15)20-19-10/h3-4,7H,5-6H2,1-2H3,(H,16,22)(H3,15,18,19,20). The lowest BCUT2D eigenvalue weighted by Crippen LogP contribution is -2.27. The van der Waals surface area contributed by atoms with Gasteiger partial charge in [-0.15, -0.1) is 5.10 Å². The molecule has 1 amide bonds. The number of rotatable bonds is 4. The van der Waals surface area contributed by atoms with Crippen molar-refractivity contribution in [3.8, 4) is 0 Å². The van der Waals surface area contributed by atoms with Crippen molar-refractivity contribution >= 4 is 17.5 Å². The molecule has 4 N–H and O–H groups in total. The molecule has 114 valence electrons. The van der Waals surface area contributed by atoms with Gasteiger partial charge in [0.15, 0.2) is 0 Å². The third-order valence-corrected chi connectivity index (χ3v) is 3.35. The van der Waals surface area contributed by atoms with Crippen LogP contribution in [0, 0.1) is 13.8 Å². The van der Waals surface area contributed by atoms with Gasteiger partial charge in [0.25, 0.3) is 5.91 Å². The smallest absolute Gasteiger partial charge is 0.270 e. The Morgan fingerprint density at radius 1 is 1.36 bits per heavy atom. The Balaban J connectivity index is 1.74. The molecule has 0 saturated carbocycles. The number of aryl methyl sites for hydroxylation is 2. The number of nitrogens with zero attached hydrogens (tertiary/aromatic N) is 4. The number of nitrogens with two attached hydrogens (primary N) is 1. The molecule has 0 atom stereocenters. The molecule has 0 radical (unpaired) electrons. The van der Waals surface area contributed by atoms with Crippen molar-refractivity contribution in [2.24, 2.45) is 0 Å². The molecular formula is C14H17N7O. The number of H-pyrrole nitrogens is 1. The van der Waals surface area contributed by atoms with Gasteiger partial charge in [0, 0.05) is 19.2 Å². The van der Waals surface area contributed by atoms with E-state index in [0.29, 0.717) is 30.2 Å². The van der Waals surface area contributed by atoms with E-state index in [1.165, 1.54) is 0 Å². The van der Waals surface area contributed by atoms with Crippen molar-refractivity contribution in [3.05, 3.63) is 41.1 Å². The molecule has 3 aromatic heterocycles. The normalized spacial score (nSPS) is 11.0. The Morgan fingerprint density at radius 3 is 2.91 bits per heavy atom. The molecule has 0 saturated heterocycles. The number of amides is 1. The van der Waals surface area contributed by atoms with E-state index in [4.69, 9.17) is 5.73 Å². The van der Waals surface area contributed by atoms with Gasteiger partial charge in [-0.3, -0.25) is 14.3 Å². The summed E-state index contributed by atoms with van der Waals surface area (Å²) in [6.07, 6.45) is 2.44. The topological polar surface area (TPSA) is 114 Å². The van der Waals surface area contributed by atoms with Crippen molar-refractivity contribution in [1.29, 1.82) is 0 Å². The SMILES string of the molecule is Cc1ccc2nc(C)c(C(=O)NCCc3nc(N)n[nH]3)n2c1. The van der Waals surface area contributed by atoms with Gasteiger partial charge < -0.3 is 11.1 Å². The third kappa shape index (κ3) is 2.62. The average Bonchev–Trinajstić information content (AvgIpc) is 3.01. The quantitative estimate of drug-likeness (QED) is 0.653. The highest BCUT2D eigenvalue weighted by Gasteiger charge is 2.16. The number of nitrogens with one attached hydrogen (secondary N) is 2. The molecule has 0 aliphatic carbocycles. The number of carbonyl (C=O) groups is 1. The molecule has 0 spiro atoms. The van der Waals surface area contributed by atoms with Gasteiger partial charge in [0.1, 0.15) is 17.2 Å². The van der Waals surface area contributed by atoms with Crippen LogP contribution >= 0.6 is 0 Å². The van der Waals surface area contributed by atoms with E-state index in [-0.39, 0.29) is 11.9 Å². The number of carbonyl (C=O) groups excluding carboxylic acids is 1. The molecule has 0 aromatic carbocycles. The lowest BCUT2D eigenvalue weighted by molar-refractivity contribution is 0.0947. The molecule has 0 unspecified atom stereocenters. The first-order chi connectivity index (χ1) is 10.5. The number of nitrogen functional groups attached to an aromatic ring is 1. The number of imidazole rings is 1. The maximum Gasteiger partial charge on any atom is 0.270 e. The molecule has 3 rings (SSSR count). The lowest BCUT2D eigenvalue weighted by Gasteiger charge is -2.05. The number of anilines is 1. The monoisotopic (exact) mass is 299 g/mol. The fourth-order valence-corrected chi connectivity index (χ4v) is 2.34. The average molecular weight is 299 g/mol. The number of hydrogen-bond donors (Lipinski definition) is 3. The third-order valence-electron chi connectivity index (χ3n) is 3.35. The fourth-order valence-electron chi connectivity index (χ4n) is 2.34. The summed E-state index contributed by atoms with van der Waals surface area (Å²) in [7, 11) is 0. The maximum absolute atomic E-state index is 12.4. The number of hydrogen-bond acceptors (Lipinski definition) is 5. The van der Waals surface area contributed by atoms with Crippen molar-refractivity contribution in [3.63, 3.8) is 0 Å². The van der Waals surface area contributed by atoms with Crippen LogP contribution in [0.1, 0.15) is 27.6 Å². The number of aromatic amines is 1. The summed E-state index contributed by atoms with van der Waals surface area (Å²) in [5, 5.41) is 9.32. The Kier molecular flexibility index (Phi) is 3.50. The fraction of sp³-hybridized carbons (Fsp3) is 0.286. The molecule has 8 nitrogen and oxygen atoms in total. The van der Waals surface area contributed by atoms with E-state index in [2.05, 4.69) is 25.5 Å². The van der Waals surface area contributed by atoms with Crippen LogP contribution in [0.15, 0.2) is 18.3 Å². The Labute approximate surface area is 126 Å². The van der Waals surface area contributed by atoms with Crippen LogP contribution in [0.2, 0.25) is 0 Å². The lowest BCUT2D eigenvalue weighted by atomic mass is 10.3. The van der Waals surface area contributed by atoms with Crippen molar-refractivity contribution in [2.75, 3.05) is 12.3 Å². The summed E-state index contributed by atoms with van der Waals surface area (Å²) >= 11 is 0. The Hall–Kier alpha value is -2.90. The Bertz CT molecular complexity index is 833. The van der Waals surface area contributed by atoms with E-state index >= 15 is 0 Å². The van der Waals surface area contributed by atoms with Gasteiger partial charge in [-0.2, -0.15) is 4.98 Å². The summed E-state index contributed by atoms with van der Waals surface area (Å²) in [4.78, 5) is 20.8. The van der Waals surface area contributed by atoms with Crippen molar-refractivity contribution < 1.29 is 4.79 Å². The van der Waals surface area contributed by atoms with Gasteiger partial charge in [0.2, 0.25) is 5.95 Å². The van der Waals surface area contributed by atoms with E-state index in [1.54, 1.807) is 0 Å². The van der Waals surface area contributed by atoms with Gasteiger partial charge in [-0.05, 0) is 25.5 Å². The molecular weight excluding hydrogens is 282 g/mol. The summed E-state index contributed by atoms with van der Waals surface area (Å²) < 4.78 is 1.81. The van der Waals surface area contributed by atoms with Crippen molar-refractivity contribution in [1.82, 2.24) is 29.9 Å². The van der Waals surface area contributed by atoms with Crippen molar-refractivity contribution in [2.45, 2.75) is 20.3 Å². The summed E-state index contributed by atoms with van der Waals surface area (Å²) in [6, 6.07) is 3.87. The molecule has 0 aliphatic heterocycles. The number of fused-ring (bicyclic) bond motifs is 1. The highest BCUT2D eigenvalue weighted by Crippen LogP contribution is 2.13. The van der Waals surface area contributed by atoms with Gasteiger partial charge >= 0.3 is 0 Å². The van der Waals surface area contributed by atoms with E-state index in [9.17, 15) is 4.79 Å². The zero-order chi connectivity index (χ0) is 15.7. The largest absolute Gasteiger partial charge is 0.367 e. The van der Waals surface area contributed by atoms with Crippen LogP contribution in [0.4, 0.5) is 5.95 Å². The minimum atomic E-state index is -0.164. The first-order valence-corrected chi connectivity index (χ1v) is 6.95. The zero-order valence-electron chi connectivity index (χ0n) is 12.4. The highest BCUT2D eigenvalue weighted by atomic mass is 16.1. The maximum atomic E-state index is 12.4. The zero-order valence-corrected chi connectivity index (χ0v) is 12.4. The number of aromatic nitrogens is 5. The molecule has 3 heterocycles. The second kappa shape index (κ2) is 5.47. The first kappa shape index (κ1) is 14.1. The molecule has 0 fully saturated rings. The highest BCUT2D eigenvalue weighted by molar-refractivity contribution is 5.94. The van der Waals surface area contributed by atoms with Crippen LogP contribution < -0.4 is 11.1 Å². The first-order valence-electron chi connectivity index (χ1n) is 6.95. The number of pyridine rings is 1. The molecule has 8 heteroatoms. The minimum absolute atomic E-state index is 0.164. The summed E-state index contributed by atoms with van der Waals surface area (Å²) in [5.41, 5.74) is 8.51. The molecule has 22 heavy (non-hydrogen) atoms. The van der Waals surface area contributed by atoms with E-state index in [0.717, 1.165) is 11.2 Å². The Morgan fingerprint density at radius 2 is 2.18 bits per heavy atom. The van der Waals surface area contributed by atoms with Gasteiger partial charge in [0.05, 0.1) is 5.69 Å². The second-order valence-electron chi connectivity index (χ2n) is 5.13. The van der Waals surface area contributed by atoms with E-state index in [1.807, 2.05) is 36.6 Å². The minimum Gasteiger partial charge on any atom is -0.367 e. The van der Waals surface area contributed by atoms with Gasteiger partial charge in [-0.1, -0.05) is 6.07 Å². The van der Waals surface area contributed by atoms with E-state index < -0.39 is 0 Å². The summed E-state index contributed by atoms with van der Waals surface area (Å²) in [5.74, 6) is 0.682. The molecule has 0 bridgehead atoms. The van der Waals surface area contributed by atoms with Crippen LogP contribution in [0.3, 0.4) is 0 Å². The molecule has 3 aromatic rings. The van der Waals surface area contributed by atoms with Crippen LogP contribution in [0.25, 0.3) is 5.65 Å². The molecule has 0 aliphatic rings. The van der Waals surface area contributed by atoms with Crippen LogP contribution in [-0.4, -0.2) is 37.0 Å². The second-order valence-corrected chi connectivity index (χ2v) is 5.13. The van der Waals surface area contributed by atoms with Gasteiger partial charge in [-0.25, -0.2) is 4.98 Å². The predicted molar refractivity (Wildman–Crippen MR) is 81.5 cm³/mol. The predicted octanol–water partition coefficient (Wildman–Crippen LogP) is 0.624. The van der Waals surface area contributed by atoms with Crippen LogP contribution in [-0.2, 0) is 6.42 Å². The van der Waals surface area contributed by atoms with Crippen LogP contribution in [0.5, 0.6) is 0 Å².